The van der Waals surface area contributed by atoms with Crippen molar-refractivity contribution in [2.75, 3.05) is 12.7 Å². The SMILES string of the molecule is O=S(=O)(NCCC[P+](c1ccccc1)(c1ccccc1)c1ccccc1)c1ccc(Cl)cc1. The summed E-state index contributed by atoms with van der Waals surface area (Å²) in [6.07, 6.45) is 1.56. The van der Waals surface area contributed by atoms with E-state index in [1.807, 2.05) is 18.2 Å². The van der Waals surface area contributed by atoms with Gasteiger partial charge >= 0.3 is 0 Å². The van der Waals surface area contributed by atoms with Gasteiger partial charge in [0.1, 0.15) is 23.2 Å². The van der Waals surface area contributed by atoms with Gasteiger partial charge in [0.05, 0.1) is 11.1 Å². The number of hydrogen-bond donors (Lipinski definition) is 1. The highest BCUT2D eigenvalue weighted by molar-refractivity contribution is 7.95. The fourth-order valence-corrected chi connectivity index (χ4v) is 9.65. The Hall–Kier alpha value is -2.49. The molecule has 1 N–H and O–H groups in total. The van der Waals surface area contributed by atoms with Crippen molar-refractivity contribution >= 4 is 44.8 Å². The van der Waals surface area contributed by atoms with Gasteiger partial charge in [0.25, 0.3) is 0 Å². The van der Waals surface area contributed by atoms with Crippen molar-refractivity contribution in [1.82, 2.24) is 4.72 Å². The van der Waals surface area contributed by atoms with Crippen LogP contribution in [0.1, 0.15) is 6.42 Å². The molecule has 4 aromatic rings. The lowest BCUT2D eigenvalue weighted by atomic mass is 10.4. The molecule has 0 aromatic heterocycles. The molecule has 3 nitrogen and oxygen atoms in total. The molecule has 4 rings (SSSR count). The molecule has 6 heteroatoms. The third-order valence-electron chi connectivity index (χ3n) is 5.68. The van der Waals surface area contributed by atoms with Gasteiger partial charge in [-0.25, -0.2) is 13.1 Å². The Morgan fingerprint density at radius 3 is 1.48 bits per heavy atom. The van der Waals surface area contributed by atoms with E-state index in [0.29, 0.717) is 18.0 Å². The van der Waals surface area contributed by atoms with Gasteiger partial charge in [-0.2, -0.15) is 0 Å². The molecule has 0 spiro atoms. The zero-order valence-corrected chi connectivity index (χ0v) is 20.6. The molecule has 33 heavy (non-hydrogen) atoms. The number of benzene rings is 4. The highest BCUT2D eigenvalue weighted by Gasteiger charge is 2.44. The van der Waals surface area contributed by atoms with Crippen molar-refractivity contribution in [2.24, 2.45) is 0 Å². The van der Waals surface area contributed by atoms with Gasteiger partial charge in [0, 0.05) is 11.6 Å². The van der Waals surface area contributed by atoms with E-state index in [9.17, 15) is 8.42 Å². The first-order valence-electron chi connectivity index (χ1n) is 10.8. The minimum absolute atomic E-state index is 0.224. The first-order valence-corrected chi connectivity index (χ1v) is 14.7. The number of halogens is 1. The van der Waals surface area contributed by atoms with E-state index >= 15 is 0 Å². The summed E-state index contributed by atoms with van der Waals surface area (Å²) in [5.41, 5.74) is 0. The normalized spacial score (nSPS) is 11.9. The van der Waals surface area contributed by atoms with Gasteiger partial charge in [-0.1, -0.05) is 66.2 Å². The second kappa shape index (κ2) is 10.6. The van der Waals surface area contributed by atoms with E-state index in [1.165, 1.54) is 28.0 Å². The van der Waals surface area contributed by atoms with Crippen LogP contribution >= 0.6 is 18.9 Å². The van der Waals surface area contributed by atoms with Gasteiger partial charge in [-0.3, -0.25) is 0 Å². The fraction of sp³-hybridized carbons (Fsp3) is 0.111. The summed E-state index contributed by atoms with van der Waals surface area (Å²) in [6.45, 7) is 0.360. The third kappa shape index (κ3) is 5.37. The van der Waals surface area contributed by atoms with Crippen LogP contribution in [0.4, 0.5) is 0 Å². The van der Waals surface area contributed by atoms with Crippen LogP contribution in [0.15, 0.2) is 120 Å². The van der Waals surface area contributed by atoms with Crippen molar-refractivity contribution in [1.29, 1.82) is 0 Å². The van der Waals surface area contributed by atoms with Crippen LogP contribution in [-0.4, -0.2) is 21.1 Å². The molecule has 0 radical (unpaired) electrons. The topological polar surface area (TPSA) is 46.2 Å². The molecule has 0 aliphatic rings. The third-order valence-corrected chi connectivity index (χ3v) is 11.9. The summed E-state index contributed by atoms with van der Waals surface area (Å²) < 4.78 is 28.2. The number of hydrogen-bond acceptors (Lipinski definition) is 2. The summed E-state index contributed by atoms with van der Waals surface area (Å²) in [5.74, 6) is 0. The minimum atomic E-state index is -3.58. The van der Waals surface area contributed by atoms with Crippen LogP contribution in [-0.2, 0) is 10.0 Å². The van der Waals surface area contributed by atoms with Gasteiger partial charge in [-0.15, -0.1) is 0 Å². The van der Waals surface area contributed by atoms with E-state index in [2.05, 4.69) is 77.5 Å². The quantitative estimate of drug-likeness (QED) is 0.263. The fourth-order valence-electron chi connectivity index (χ4n) is 4.10. The molecular weight excluding hydrogens is 469 g/mol. The number of sulfonamides is 1. The Morgan fingerprint density at radius 1 is 0.636 bits per heavy atom. The summed E-state index contributed by atoms with van der Waals surface area (Å²) >= 11 is 5.90. The summed E-state index contributed by atoms with van der Waals surface area (Å²) in [5, 5.41) is 4.39. The van der Waals surface area contributed by atoms with Crippen molar-refractivity contribution in [3.63, 3.8) is 0 Å². The van der Waals surface area contributed by atoms with Gasteiger partial charge < -0.3 is 0 Å². The van der Waals surface area contributed by atoms with Crippen LogP contribution < -0.4 is 20.6 Å². The standard InChI is InChI=1S/C27H26ClNO2PS/c28-23-17-19-27(20-18-23)33(30,31)29-21-10-22-32(24-11-4-1-5-12-24,25-13-6-2-7-14-25)26-15-8-3-9-16-26/h1-9,11-20,29H,10,21-22H2/q+1. The molecule has 168 valence electrons. The largest absolute Gasteiger partial charge is 0.240 e. The average Bonchev–Trinajstić information content (AvgIpc) is 2.86. The van der Waals surface area contributed by atoms with E-state index in [0.717, 1.165) is 6.16 Å². The molecule has 0 amide bonds. The highest BCUT2D eigenvalue weighted by Crippen LogP contribution is 2.55. The van der Waals surface area contributed by atoms with E-state index < -0.39 is 17.3 Å². The Morgan fingerprint density at radius 2 is 1.06 bits per heavy atom. The van der Waals surface area contributed by atoms with E-state index in [1.54, 1.807) is 12.1 Å². The Labute approximate surface area is 201 Å². The van der Waals surface area contributed by atoms with E-state index in [4.69, 9.17) is 11.6 Å². The lowest BCUT2D eigenvalue weighted by Crippen LogP contribution is -2.34. The first-order chi connectivity index (χ1) is 16.0. The van der Waals surface area contributed by atoms with Crippen LogP contribution in [0.5, 0.6) is 0 Å². The second-order valence-corrected chi connectivity index (χ2v) is 13.6. The smallest absolute Gasteiger partial charge is 0.211 e. The average molecular weight is 495 g/mol. The van der Waals surface area contributed by atoms with Gasteiger partial charge in [0.2, 0.25) is 10.0 Å². The molecule has 0 heterocycles. The molecule has 0 saturated carbocycles. The molecule has 0 aliphatic carbocycles. The van der Waals surface area contributed by atoms with Gasteiger partial charge in [0.15, 0.2) is 0 Å². The van der Waals surface area contributed by atoms with Crippen molar-refractivity contribution in [3.05, 3.63) is 120 Å². The minimum Gasteiger partial charge on any atom is -0.211 e. The maximum Gasteiger partial charge on any atom is 0.240 e. The van der Waals surface area contributed by atoms with Crippen molar-refractivity contribution in [2.45, 2.75) is 11.3 Å². The van der Waals surface area contributed by atoms with Gasteiger partial charge in [-0.05, 0) is 67.1 Å². The Bertz CT molecular complexity index is 1170. The maximum absolute atomic E-state index is 12.7. The van der Waals surface area contributed by atoms with E-state index in [-0.39, 0.29) is 4.90 Å². The number of rotatable bonds is 9. The molecule has 4 aromatic carbocycles. The van der Waals surface area contributed by atoms with Crippen LogP contribution in [0.2, 0.25) is 5.02 Å². The molecular formula is C27H26ClNO2PS+. The zero-order valence-electron chi connectivity index (χ0n) is 18.1. The highest BCUT2D eigenvalue weighted by atomic mass is 35.5. The number of nitrogens with one attached hydrogen (secondary N) is 1. The Kier molecular flexibility index (Phi) is 7.62. The second-order valence-electron chi connectivity index (χ2n) is 7.75. The Balaban J connectivity index is 1.64. The molecule has 0 aliphatic heterocycles. The van der Waals surface area contributed by atoms with Crippen LogP contribution in [0.3, 0.4) is 0 Å². The first kappa shape index (κ1) is 23.7. The van der Waals surface area contributed by atoms with Crippen molar-refractivity contribution < 1.29 is 8.42 Å². The monoisotopic (exact) mass is 494 g/mol. The summed E-state index contributed by atoms with van der Waals surface area (Å²) in [4.78, 5) is 0.224. The van der Waals surface area contributed by atoms with Crippen molar-refractivity contribution in [3.8, 4) is 0 Å². The molecule has 0 fully saturated rings. The molecule has 0 bridgehead atoms. The molecule has 0 unspecified atom stereocenters. The molecule has 0 saturated heterocycles. The predicted molar refractivity (Wildman–Crippen MR) is 141 cm³/mol. The maximum atomic E-state index is 12.7. The predicted octanol–water partition coefficient (Wildman–Crippen LogP) is 5.00. The zero-order chi connectivity index (χ0) is 23.2. The lowest BCUT2D eigenvalue weighted by Gasteiger charge is -2.27. The van der Waals surface area contributed by atoms with Crippen LogP contribution in [0.25, 0.3) is 0 Å². The molecule has 0 atom stereocenters. The lowest BCUT2D eigenvalue weighted by molar-refractivity contribution is 0.581. The summed E-state index contributed by atoms with van der Waals surface area (Å²) in [7, 11) is -5.55. The van der Waals surface area contributed by atoms with Crippen LogP contribution in [0, 0.1) is 0 Å². The summed E-state index contributed by atoms with van der Waals surface area (Å²) in [6, 6.07) is 38.0.